The lowest BCUT2D eigenvalue weighted by atomic mass is 9.42. The Morgan fingerprint density at radius 3 is 1.60 bits per heavy atom. The second kappa shape index (κ2) is 22.8. The van der Waals surface area contributed by atoms with E-state index in [1.807, 2.05) is 47.6 Å². The number of hydrogen-bond acceptors (Lipinski definition) is 19. The molecular formula is C56H90O19. The van der Waals surface area contributed by atoms with E-state index in [-0.39, 0.29) is 43.8 Å². The second-order valence-electron chi connectivity index (χ2n) is 23.9. The average Bonchev–Trinajstić information content (AvgIpc) is 3.60. The predicted molar refractivity (Wildman–Crippen MR) is 269 cm³/mol. The predicted octanol–water partition coefficient (Wildman–Crippen LogP) is 5.12. The van der Waals surface area contributed by atoms with Crippen LogP contribution in [0.3, 0.4) is 0 Å². The van der Waals surface area contributed by atoms with E-state index in [0.29, 0.717) is 44.9 Å². The number of rotatable bonds is 16. The standard InChI is InChI=1S/C56H90O19/c1-28(2)29(3)21-43(58)72-42-27-41-52(9)17-16-36(22-35(52)15-18-55(41,61)56(62)20-19-54(60,34(8)57)53(42,56)10)71-44-24-38(64-12)49(31(5)68-44)74-46-26-40(66-14)51(33(7)70-46)75-47-25-39(65-13)50(32(6)69-47)73-45-23-37(63-11)48(59)30(4)67-45/h15,21,28,30-33,36-42,44-51,59-62H,16-20,22-27H2,1-14H3/b29-21+/t30-,31-,32-,33-,36+,37-,38+,39-,40+,41-,42-,44+,45+,46+,47+,48-,49-,50-,51-,52+,53-,54-,55+,56-/m1/s1. The first-order valence-corrected chi connectivity index (χ1v) is 27.6. The maximum atomic E-state index is 13.6. The van der Waals surface area contributed by atoms with Crippen molar-refractivity contribution >= 4 is 11.8 Å². The Hall–Kier alpha value is -2.02. The number of carbonyl (C=O) groups excluding carboxylic acids is 2. The number of carbonyl (C=O) groups is 2. The normalized spacial score (nSPS) is 49.3. The summed E-state index contributed by atoms with van der Waals surface area (Å²) in [6.07, 6.45) is -2.49. The van der Waals surface area contributed by atoms with Crippen LogP contribution in [0.4, 0.5) is 0 Å². The van der Waals surface area contributed by atoms with Gasteiger partial charge in [0.25, 0.3) is 0 Å². The summed E-state index contributed by atoms with van der Waals surface area (Å²) in [7, 11) is 6.49. The number of aliphatic hydroxyl groups is 4. The van der Waals surface area contributed by atoms with E-state index in [1.165, 1.54) is 13.0 Å². The van der Waals surface area contributed by atoms with Gasteiger partial charge in [0.15, 0.2) is 30.9 Å². The monoisotopic (exact) mass is 1070 g/mol. The van der Waals surface area contributed by atoms with Crippen molar-refractivity contribution in [2.24, 2.45) is 22.7 Å². The molecule has 4 heterocycles. The van der Waals surface area contributed by atoms with Crippen molar-refractivity contribution in [2.75, 3.05) is 28.4 Å². The molecule has 4 aliphatic carbocycles. The van der Waals surface area contributed by atoms with Gasteiger partial charge in [0.2, 0.25) is 0 Å². The Labute approximate surface area is 443 Å². The van der Waals surface area contributed by atoms with Gasteiger partial charge in [0.05, 0.1) is 60.4 Å². The van der Waals surface area contributed by atoms with Crippen LogP contribution in [0.1, 0.15) is 140 Å². The highest BCUT2D eigenvalue weighted by Crippen LogP contribution is 2.71. The minimum atomic E-state index is -2.02. The summed E-state index contributed by atoms with van der Waals surface area (Å²) in [5, 5.41) is 48.5. The fourth-order valence-corrected chi connectivity index (χ4v) is 14.6. The maximum Gasteiger partial charge on any atom is 0.330 e. The van der Waals surface area contributed by atoms with E-state index < -0.39 is 144 Å². The molecule has 4 saturated heterocycles. The van der Waals surface area contributed by atoms with Gasteiger partial charge in [-0.1, -0.05) is 38.0 Å². The number of methoxy groups -OCH3 is 4. The molecule has 0 radical (unpaired) electrons. The molecule has 8 rings (SSSR count). The summed E-state index contributed by atoms with van der Waals surface area (Å²) >= 11 is 0. The molecule has 3 saturated carbocycles. The number of Topliss-reactive ketones (excluding diaryl/α,β-unsaturated/α-hetero) is 1. The minimum absolute atomic E-state index is 0.0344. The molecule has 0 unspecified atom stereocenters. The summed E-state index contributed by atoms with van der Waals surface area (Å²) in [6, 6.07) is 0. The Morgan fingerprint density at radius 2 is 1.13 bits per heavy atom. The fraction of sp³-hybridized carbons (Fsp3) is 0.893. The number of fused-ring (bicyclic) bond motifs is 5. The van der Waals surface area contributed by atoms with Crippen LogP contribution in [0, 0.1) is 22.7 Å². The van der Waals surface area contributed by atoms with E-state index in [1.54, 1.807) is 42.3 Å². The largest absolute Gasteiger partial charge is 0.458 e. The van der Waals surface area contributed by atoms with Crippen LogP contribution in [-0.4, -0.2) is 188 Å². The molecule has 0 amide bonds. The van der Waals surface area contributed by atoms with Crippen molar-refractivity contribution < 1.29 is 91.6 Å². The number of aliphatic hydroxyl groups excluding tert-OH is 1. The van der Waals surface area contributed by atoms with Crippen molar-refractivity contribution in [2.45, 2.75) is 267 Å². The van der Waals surface area contributed by atoms with E-state index in [2.05, 4.69) is 6.92 Å². The zero-order chi connectivity index (χ0) is 54.7. The SMILES string of the molecule is CO[C@H]1C[C@H](O[C@H]2CC[C@@]3(C)C(=CC[C@]4(O)[C@@H]3C[C@@H](OC(=O)/C=C(\C)C(C)C)[C@@]3(C)[C@]4(O)CC[C@@]3(O)C(C)=O)C2)O[C@H](C)[C@H]1O[C@H]1C[C@H](OC)[C@H](O[C@H]2C[C@@H](OC)[C@H](O[C@H]3C[C@@H](OC)[C@H](O)[C@@H](C)O3)[C@@H](C)O2)[C@@H](C)O1. The minimum Gasteiger partial charge on any atom is -0.458 e. The molecule has 7 fully saturated rings. The second-order valence-corrected chi connectivity index (χ2v) is 23.9. The van der Waals surface area contributed by atoms with E-state index in [4.69, 9.17) is 61.6 Å². The first kappa shape index (κ1) is 59.1. The van der Waals surface area contributed by atoms with Gasteiger partial charge in [0.1, 0.15) is 47.3 Å². The molecule has 75 heavy (non-hydrogen) atoms. The van der Waals surface area contributed by atoms with Crippen LogP contribution < -0.4 is 0 Å². The van der Waals surface area contributed by atoms with Gasteiger partial charge in [0, 0.05) is 66.1 Å². The summed E-state index contributed by atoms with van der Waals surface area (Å²) in [6.45, 7) is 18.4. The number of ketones is 1. The Bertz CT molecular complexity index is 2070. The molecule has 19 heteroatoms. The third kappa shape index (κ3) is 10.6. The van der Waals surface area contributed by atoms with E-state index in [0.717, 1.165) is 11.1 Å². The number of allylic oxidation sites excluding steroid dienone is 1. The maximum absolute atomic E-state index is 13.6. The number of hydrogen-bond donors (Lipinski definition) is 4. The van der Waals surface area contributed by atoms with Crippen LogP contribution in [0.25, 0.3) is 0 Å². The van der Waals surface area contributed by atoms with Gasteiger partial charge < -0.3 is 82.0 Å². The van der Waals surface area contributed by atoms with Crippen molar-refractivity contribution in [1.82, 2.24) is 0 Å². The van der Waals surface area contributed by atoms with Crippen LogP contribution in [0.2, 0.25) is 0 Å². The summed E-state index contributed by atoms with van der Waals surface area (Å²) in [4.78, 5) is 26.9. The molecule has 4 aliphatic heterocycles. The van der Waals surface area contributed by atoms with Crippen LogP contribution in [-0.2, 0) is 71.2 Å². The third-order valence-electron chi connectivity index (χ3n) is 19.6. The molecule has 4 N–H and O–H groups in total. The van der Waals surface area contributed by atoms with Crippen molar-refractivity contribution in [3.8, 4) is 0 Å². The van der Waals surface area contributed by atoms with Gasteiger partial charge in [-0.2, -0.15) is 0 Å². The van der Waals surface area contributed by atoms with E-state index >= 15 is 0 Å². The lowest BCUT2D eigenvalue weighted by Crippen LogP contribution is -2.78. The Balaban J connectivity index is 0.877. The topological polar surface area (TPSA) is 235 Å². The molecular weight excluding hydrogens is 977 g/mol. The highest BCUT2D eigenvalue weighted by molar-refractivity contribution is 5.87. The van der Waals surface area contributed by atoms with Crippen LogP contribution in [0.5, 0.6) is 0 Å². The van der Waals surface area contributed by atoms with Gasteiger partial charge in [-0.25, -0.2) is 4.79 Å². The highest BCUT2D eigenvalue weighted by Gasteiger charge is 2.81. The van der Waals surface area contributed by atoms with Crippen molar-refractivity contribution in [3.05, 3.63) is 23.3 Å². The van der Waals surface area contributed by atoms with Crippen LogP contribution in [0.15, 0.2) is 23.3 Å². The fourth-order valence-electron chi connectivity index (χ4n) is 14.6. The Morgan fingerprint density at radius 1 is 0.667 bits per heavy atom. The molecule has 428 valence electrons. The molecule has 0 aromatic rings. The molecule has 19 nitrogen and oxygen atoms in total. The summed E-state index contributed by atoms with van der Waals surface area (Å²) < 4.78 is 81.6. The molecule has 0 bridgehead atoms. The lowest BCUT2D eigenvalue weighted by Gasteiger charge is -2.67. The first-order valence-electron chi connectivity index (χ1n) is 27.6. The third-order valence-corrected chi connectivity index (χ3v) is 19.6. The summed E-state index contributed by atoms with van der Waals surface area (Å²) in [5.74, 6) is -1.61. The molecule has 0 aromatic heterocycles. The quantitative estimate of drug-likeness (QED) is 0.0892. The lowest BCUT2D eigenvalue weighted by molar-refractivity contribution is -0.347. The van der Waals surface area contributed by atoms with Crippen molar-refractivity contribution in [3.63, 3.8) is 0 Å². The van der Waals surface area contributed by atoms with Gasteiger partial charge in [-0.3, -0.25) is 4.79 Å². The average molecular weight is 1070 g/mol. The van der Waals surface area contributed by atoms with E-state index in [9.17, 15) is 30.0 Å². The molecule has 0 spiro atoms. The smallest absolute Gasteiger partial charge is 0.330 e. The number of esters is 1. The summed E-state index contributed by atoms with van der Waals surface area (Å²) in [5.41, 5.74) is -6.10. The van der Waals surface area contributed by atoms with Gasteiger partial charge in [-0.15, -0.1) is 0 Å². The zero-order valence-corrected chi connectivity index (χ0v) is 46.9. The highest BCUT2D eigenvalue weighted by atomic mass is 16.8. The van der Waals surface area contributed by atoms with Gasteiger partial charge in [-0.05, 0) is 105 Å². The first-order chi connectivity index (χ1) is 35.3. The van der Waals surface area contributed by atoms with Gasteiger partial charge >= 0.3 is 5.97 Å². The Kier molecular flexibility index (Phi) is 18.0. The number of ether oxygens (including phenoxy) is 13. The zero-order valence-electron chi connectivity index (χ0n) is 46.9. The van der Waals surface area contributed by atoms with Crippen molar-refractivity contribution in [1.29, 1.82) is 0 Å². The molecule has 24 atom stereocenters. The molecule has 0 aromatic carbocycles. The molecule has 8 aliphatic rings. The van der Waals surface area contributed by atoms with Crippen LogP contribution >= 0.6 is 0 Å².